The van der Waals surface area contributed by atoms with Crippen molar-refractivity contribution < 1.29 is 13.6 Å². The molecule has 9 nitrogen and oxygen atoms in total. The summed E-state index contributed by atoms with van der Waals surface area (Å²) in [5, 5.41) is 2.97. The molecule has 0 unspecified atom stereocenters. The summed E-state index contributed by atoms with van der Waals surface area (Å²) in [6.07, 6.45) is 1.58. The van der Waals surface area contributed by atoms with Crippen LogP contribution in [0.4, 0.5) is 14.5 Å². The fourth-order valence-corrected chi connectivity index (χ4v) is 4.40. The van der Waals surface area contributed by atoms with Crippen molar-refractivity contribution in [3.05, 3.63) is 69.7 Å². The number of rotatable bonds is 4. The van der Waals surface area contributed by atoms with Crippen molar-refractivity contribution in [2.75, 3.05) is 38.1 Å². The number of carbonyl (C=O) groups is 1. The molecule has 5 rings (SSSR count). The molecule has 1 saturated heterocycles. The lowest BCUT2D eigenvalue weighted by Gasteiger charge is -2.36. The Labute approximate surface area is 193 Å². The van der Waals surface area contributed by atoms with Gasteiger partial charge >= 0.3 is 5.69 Å². The van der Waals surface area contributed by atoms with Gasteiger partial charge in [0.05, 0.1) is 11.2 Å². The zero-order valence-corrected chi connectivity index (χ0v) is 18.7. The lowest BCUT2D eigenvalue weighted by molar-refractivity contribution is 0.0957. The van der Waals surface area contributed by atoms with Crippen molar-refractivity contribution in [3.8, 4) is 0 Å². The first kappa shape index (κ1) is 22.0. The molecule has 3 aromatic heterocycles. The van der Waals surface area contributed by atoms with Crippen LogP contribution in [0.1, 0.15) is 21.7 Å². The van der Waals surface area contributed by atoms with Crippen LogP contribution in [0.25, 0.3) is 16.6 Å². The van der Waals surface area contributed by atoms with Gasteiger partial charge in [-0.3, -0.25) is 9.69 Å². The topological polar surface area (TPSA) is 98.6 Å². The zero-order chi connectivity index (χ0) is 24.0. The van der Waals surface area contributed by atoms with Gasteiger partial charge in [0.15, 0.2) is 11.5 Å². The number of H-pyrrole nitrogens is 1. The molecule has 0 bridgehead atoms. The molecule has 0 spiro atoms. The number of aryl methyl sites for hydroxylation is 1. The maximum Gasteiger partial charge on any atom is 0.332 e. The second-order valence-electron chi connectivity index (χ2n) is 8.30. The monoisotopic (exact) mass is 467 g/mol. The maximum absolute atomic E-state index is 15.3. The van der Waals surface area contributed by atoms with E-state index in [0.717, 1.165) is 0 Å². The number of nitrogens with zero attached hydrogens (tertiary/aromatic N) is 5. The van der Waals surface area contributed by atoms with Crippen molar-refractivity contribution in [1.82, 2.24) is 29.6 Å². The summed E-state index contributed by atoms with van der Waals surface area (Å²) in [5.41, 5.74) is 1.63. The molecule has 1 amide bonds. The van der Waals surface area contributed by atoms with Crippen molar-refractivity contribution >= 4 is 28.1 Å². The fraction of sp³-hybridized carbons (Fsp3) is 0.304. The van der Waals surface area contributed by atoms with Crippen molar-refractivity contribution in [3.63, 3.8) is 0 Å². The summed E-state index contributed by atoms with van der Waals surface area (Å²) < 4.78 is 31.2. The number of piperazine rings is 1. The maximum atomic E-state index is 15.3. The van der Waals surface area contributed by atoms with E-state index in [1.807, 2.05) is 4.90 Å². The Morgan fingerprint density at radius 1 is 1.15 bits per heavy atom. The molecular formula is C23H23F2N7O2. The molecule has 0 aliphatic carbocycles. The molecule has 176 valence electrons. The Kier molecular flexibility index (Phi) is 5.48. The molecule has 0 saturated carbocycles. The van der Waals surface area contributed by atoms with Crippen LogP contribution >= 0.6 is 0 Å². The fourth-order valence-electron chi connectivity index (χ4n) is 4.40. The number of benzene rings is 1. The predicted molar refractivity (Wildman–Crippen MR) is 123 cm³/mol. The standard InChI is InChI=1S/C23H23F2N7O2/c1-13-11-27-21-15-4-3-14(18(24)19(15)29-23(34)32(13)21)12-30-7-9-31(10-8-30)17-6-5-16(22(33)26-2)28-20(17)25/h3-6,11H,7-10,12H2,1-2H3,(H,26,33)(H,29,34). The number of halogens is 2. The summed E-state index contributed by atoms with van der Waals surface area (Å²) in [5.74, 6) is -1.61. The third-order valence-electron chi connectivity index (χ3n) is 6.23. The molecule has 34 heavy (non-hydrogen) atoms. The molecule has 2 N–H and O–H groups in total. The second-order valence-corrected chi connectivity index (χ2v) is 8.30. The number of fused-ring (bicyclic) bond motifs is 3. The van der Waals surface area contributed by atoms with Gasteiger partial charge in [0.1, 0.15) is 5.69 Å². The van der Waals surface area contributed by atoms with Crippen LogP contribution in [-0.4, -0.2) is 63.4 Å². The van der Waals surface area contributed by atoms with Gasteiger partial charge in [-0.2, -0.15) is 4.39 Å². The minimum atomic E-state index is -0.695. The predicted octanol–water partition coefficient (Wildman–Crippen LogP) is 1.84. The van der Waals surface area contributed by atoms with E-state index in [1.54, 1.807) is 31.3 Å². The molecule has 1 aromatic carbocycles. The third kappa shape index (κ3) is 3.67. The van der Waals surface area contributed by atoms with Crippen LogP contribution in [0.2, 0.25) is 0 Å². The number of hydrogen-bond donors (Lipinski definition) is 2. The smallest absolute Gasteiger partial charge is 0.332 e. The minimum absolute atomic E-state index is 0.0231. The molecule has 4 heterocycles. The number of anilines is 1. The van der Waals surface area contributed by atoms with E-state index < -0.39 is 23.4 Å². The normalized spacial score (nSPS) is 14.8. The second kappa shape index (κ2) is 8.49. The van der Waals surface area contributed by atoms with Crippen LogP contribution in [0.5, 0.6) is 0 Å². The first-order valence-corrected chi connectivity index (χ1v) is 10.9. The van der Waals surface area contributed by atoms with Gasteiger partial charge < -0.3 is 15.2 Å². The molecule has 1 fully saturated rings. The molecule has 0 radical (unpaired) electrons. The lowest BCUT2D eigenvalue weighted by Crippen LogP contribution is -2.46. The van der Waals surface area contributed by atoms with E-state index in [0.29, 0.717) is 60.7 Å². The highest BCUT2D eigenvalue weighted by Crippen LogP contribution is 2.24. The Balaban J connectivity index is 1.32. The molecule has 1 aliphatic heterocycles. The Morgan fingerprint density at radius 2 is 1.91 bits per heavy atom. The first-order chi connectivity index (χ1) is 16.4. The number of pyridine rings is 1. The minimum Gasteiger partial charge on any atom is -0.365 e. The van der Waals surface area contributed by atoms with Gasteiger partial charge in [0.25, 0.3) is 5.91 Å². The van der Waals surface area contributed by atoms with Gasteiger partial charge in [-0.15, -0.1) is 0 Å². The van der Waals surface area contributed by atoms with Crippen LogP contribution in [0.3, 0.4) is 0 Å². The number of amides is 1. The first-order valence-electron chi connectivity index (χ1n) is 10.9. The van der Waals surface area contributed by atoms with E-state index >= 15 is 4.39 Å². The Bertz CT molecular complexity index is 1470. The van der Waals surface area contributed by atoms with Gasteiger partial charge in [0, 0.05) is 62.6 Å². The average molecular weight is 467 g/mol. The highest BCUT2D eigenvalue weighted by atomic mass is 19.1. The molecule has 1 aliphatic rings. The van der Waals surface area contributed by atoms with E-state index in [1.165, 1.54) is 17.5 Å². The Hall–Kier alpha value is -3.86. The molecular weight excluding hydrogens is 444 g/mol. The summed E-state index contributed by atoms with van der Waals surface area (Å²) in [7, 11) is 1.46. The summed E-state index contributed by atoms with van der Waals surface area (Å²) in [4.78, 5) is 38.7. The van der Waals surface area contributed by atoms with Crippen molar-refractivity contribution in [2.24, 2.45) is 0 Å². The molecule has 4 aromatic rings. The number of hydrogen-bond acceptors (Lipinski definition) is 6. The van der Waals surface area contributed by atoms with Crippen LogP contribution in [0.15, 0.2) is 35.3 Å². The van der Waals surface area contributed by atoms with E-state index in [9.17, 15) is 14.0 Å². The Morgan fingerprint density at radius 3 is 2.62 bits per heavy atom. The largest absolute Gasteiger partial charge is 0.365 e. The van der Waals surface area contributed by atoms with Gasteiger partial charge in [-0.1, -0.05) is 6.07 Å². The van der Waals surface area contributed by atoms with E-state index in [4.69, 9.17) is 0 Å². The molecule has 0 atom stereocenters. The lowest BCUT2D eigenvalue weighted by atomic mass is 10.1. The van der Waals surface area contributed by atoms with Crippen LogP contribution in [-0.2, 0) is 6.54 Å². The van der Waals surface area contributed by atoms with Gasteiger partial charge in [0.2, 0.25) is 5.95 Å². The van der Waals surface area contributed by atoms with Crippen LogP contribution < -0.4 is 15.9 Å². The van der Waals surface area contributed by atoms with E-state index in [2.05, 4.69) is 25.2 Å². The van der Waals surface area contributed by atoms with E-state index in [-0.39, 0.29) is 11.2 Å². The molecule has 11 heteroatoms. The third-order valence-corrected chi connectivity index (χ3v) is 6.23. The van der Waals surface area contributed by atoms with Gasteiger partial charge in [-0.05, 0) is 25.1 Å². The summed E-state index contributed by atoms with van der Waals surface area (Å²) in [6.45, 7) is 4.35. The number of aromatic nitrogens is 4. The van der Waals surface area contributed by atoms with Crippen molar-refractivity contribution in [1.29, 1.82) is 0 Å². The number of carbonyl (C=O) groups excluding carboxylic acids is 1. The van der Waals surface area contributed by atoms with Gasteiger partial charge in [-0.25, -0.2) is 23.6 Å². The summed E-state index contributed by atoms with van der Waals surface area (Å²) in [6, 6.07) is 6.54. The average Bonchev–Trinajstić information content (AvgIpc) is 3.23. The van der Waals surface area contributed by atoms with Crippen molar-refractivity contribution in [2.45, 2.75) is 13.5 Å². The number of nitrogens with one attached hydrogen (secondary N) is 2. The summed E-state index contributed by atoms with van der Waals surface area (Å²) >= 11 is 0. The quantitative estimate of drug-likeness (QED) is 0.445. The highest BCUT2D eigenvalue weighted by Gasteiger charge is 2.23. The SMILES string of the molecule is CNC(=O)c1ccc(N2CCN(Cc3ccc4c([nH]c(=O)n5c(C)cnc45)c3F)CC2)c(F)n1. The number of aromatic amines is 1. The highest BCUT2D eigenvalue weighted by molar-refractivity contribution is 5.92. The van der Waals surface area contributed by atoms with Crippen LogP contribution in [0, 0.1) is 18.7 Å². The number of imidazole rings is 1. The zero-order valence-electron chi connectivity index (χ0n) is 18.7.